The van der Waals surface area contributed by atoms with Crippen LogP contribution in [0.4, 0.5) is 0 Å². The molecule has 1 unspecified atom stereocenters. The molecule has 0 aliphatic carbocycles. The second kappa shape index (κ2) is 5.96. The van der Waals surface area contributed by atoms with E-state index in [1.165, 1.54) is 0 Å². The van der Waals surface area contributed by atoms with Crippen LogP contribution in [-0.4, -0.2) is 18.5 Å². The van der Waals surface area contributed by atoms with Gasteiger partial charge in [0, 0.05) is 16.3 Å². The quantitative estimate of drug-likeness (QED) is 0.836. The standard InChI is InChI=1S/C14H15ClN2O3/c1-3-20-14(19)11-8(2)16-12(13(18)17-11)9-6-4-5-7-10(9)15/h4-7,12,16H,3H2,1-2H3,(H,17,18). The maximum absolute atomic E-state index is 12.1. The molecule has 0 saturated heterocycles. The van der Waals surface area contributed by atoms with Crippen LogP contribution in [0.15, 0.2) is 35.7 Å². The van der Waals surface area contributed by atoms with Crippen LogP contribution in [-0.2, 0) is 14.3 Å². The third-order valence-electron chi connectivity index (χ3n) is 2.94. The highest BCUT2D eigenvalue weighted by atomic mass is 35.5. The van der Waals surface area contributed by atoms with Gasteiger partial charge in [-0.2, -0.15) is 0 Å². The van der Waals surface area contributed by atoms with Crippen molar-refractivity contribution in [2.24, 2.45) is 0 Å². The van der Waals surface area contributed by atoms with Gasteiger partial charge >= 0.3 is 5.97 Å². The molecule has 0 bridgehead atoms. The first-order valence-electron chi connectivity index (χ1n) is 6.24. The Morgan fingerprint density at radius 3 is 2.75 bits per heavy atom. The maximum atomic E-state index is 12.1. The first-order chi connectivity index (χ1) is 9.54. The molecule has 5 nitrogen and oxygen atoms in total. The first kappa shape index (κ1) is 14.4. The predicted molar refractivity (Wildman–Crippen MR) is 74.8 cm³/mol. The Hall–Kier alpha value is -2.01. The van der Waals surface area contributed by atoms with Crippen molar-refractivity contribution in [3.8, 4) is 0 Å². The lowest BCUT2D eigenvalue weighted by Crippen LogP contribution is -2.45. The second-order valence-corrected chi connectivity index (χ2v) is 4.72. The van der Waals surface area contributed by atoms with Gasteiger partial charge < -0.3 is 15.4 Å². The molecule has 1 aliphatic rings. The van der Waals surface area contributed by atoms with Gasteiger partial charge in [0.25, 0.3) is 5.91 Å². The Morgan fingerprint density at radius 2 is 2.10 bits per heavy atom. The molecule has 1 atom stereocenters. The van der Waals surface area contributed by atoms with Gasteiger partial charge in [-0.25, -0.2) is 4.79 Å². The summed E-state index contributed by atoms with van der Waals surface area (Å²) in [5.41, 5.74) is 1.35. The summed E-state index contributed by atoms with van der Waals surface area (Å²) in [4.78, 5) is 23.8. The van der Waals surface area contributed by atoms with Gasteiger partial charge in [-0.15, -0.1) is 0 Å². The van der Waals surface area contributed by atoms with E-state index in [0.29, 0.717) is 16.3 Å². The van der Waals surface area contributed by atoms with Gasteiger partial charge in [0.1, 0.15) is 11.7 Å². The van der Waals surface area contributed by atoms with E-state index in [0.717, 1.165) is 0 Å². The number of carbonyl (C=O) groups is 2. The van der Waals surface area contributed by atoms with Crippen molar-refractivity contribution in [1.82, 2.24) is 10.6 Å². The minimum absolute atomic E-state index is 0.139. The van der Waals surface area contributed by atoms with Gasteiger partial charge in [0.05, 0.1) is 6.61 Å². The molecule has 0 fully saturated rings. The maximum Gasteiger partial charge on any atom is 0.356 e. The van der Waals surface area contributed by atoms with Crippen LogP contribution in [0.2, 0.25) is 5.02 Å². The number of ether oxygens (including phenoxy) is 1. The van der Waals surface area contributed by atoms with E-state index in [1.54, 1.807) is 38.1 Å². The summed E-state index contributed by atoms with van der Waals surface area (Å²) >= 11 is 6.09. The third kappa shape index (κ3) is 2.77. The van der Waals surface area contributed by atoms with Crippen LogP contribution in [0, 0.1) is 0 Å². The van der Waals surface area contributed by atoms with E-state index in [1.807, 2.05) is 0 Å². The van der Waals surface area contributed by atoms with E-state index in [9.17, 15) is 9.59 Å². The molecular formula is C14H15ClN2O3. The minimum atomic E-state index is -0.623. The highest BCUT2D eigenvalue weighted by molar-refractivity contribution is 6.31. The summed E-state index contributed by atoms with van der Waals surface area (Å²) in [5.74, 6) is -0.893. The molecule has 2 N–H and O–H groups in total. The number of allylic oxidation sites excluding steroid dienone is 1. The van der Waals surface area contributed by atoms with Crippen LogP contribution < -0.4 is 10.6 Å². The lowest BCUT2D eigenvalue weighted by molar-refractivity contribution is -0.140. The largest absolute Gasteiger partial charge is 0.461 e. The Labute approximate surface area is 121 Å². The molecule has 1 heterocycles. The molecule has 0 aromatic heterocycles. The molecule has 6 heteroatoms. The van der Waals surface area contributed by atoms with E-state index in [-0.39, 0.29) is 18.2 Å². The third-order valence-corrected chi connectivity index (χ3v) is 3.29. The number of esters is 1. The van der Waals surface area contributed by atoms with Gasteiger partial charge in [0.15, 0.2) is 0 Å². The lowest BCUT2D eigenvalue weighted by Gasteiger charge is -2.27. The van der Waals surface area contributed by atoms with Crippen molar-refractivity contribution < 1.29 is 14.3 Å². The first-order valence-corrected chi connectivity index (χ1v) is 6.62. The molecule has 0 saturated carbocycles. The normalized spacial score (nSPS) is 18.4. The summed E-state index contributed by atoms with van der Waals surface area (Å²) in [6.07, 6.45) is 0. The second-order valence-electron chi connectivity index (χ2n) is 4.31. The van der Waals surface area contributed by atoms with Crippen LogP contribution in [0.5, 0.6) is 0 Å². The van der Waals surface area contributed by atoms with E-state index in [2.05, 4.69) is 10.6 Å². The molecule has 20 heavy (non-hydrogen) atoms. The molecule has 1 aromatic carbocycles. The summed E-state index contributed by atoms with van der Waals surface area (Å²) in [7, 11) is 0. The van der Waals surface area contributed by atoms with Gasteiger partial charge in [-0.3, -0.25) is 4.79 Å². The number of benzene rings is 1. The van der Waals surface area contributed by atoms with Crippen LogP contribution in [0.25, 0.3) is 0 Å². The fraction of sp³-hybridized carbons (Fsp3) is 0.286. The summed E-state index contributed by atoms with van der Waals surface area (Å²) in [6, 6.07) is 6.45. The van der Waals surface area contributed by atoms with Crippen molar-refractivity contribution in [2.45, 2.75) is 19.9 Å². The van der Waals surface area contributed by atoms with Crippen LogP contribution >= 0.6 is 11.6 Å². The number of hydrogen-bond acceptors (Lipinski definition) is 4. The smallest absolute Gasteiger partial charge is 0.356 e. The lowest BCUT2D eigenvalue weighted by atomic mass is 10.0. The average molecular weight is 295 g/mol. The molecule has 1 amide bonds. The molecule has 1 aliphatic heterocycles. The minimum Gasteiger partial charge on any atom is -0.461 e. The highest BCUT2D eigenvalue weighted by Crippen LogP contribution is 2.26. The van der Waals surface area contributed by atoms with Crippen molar-refractivity contribution in [2.75, 3.05) is 6.61 Å². The zero-order chi connectivity index (χ0) is 14.7. The zero-order valence-electron chi connectivity index (χ0n) is 11.2. The fourth-order valence-corrected chi connectivity index (χ4v) is 2.22. The number of nitrogens with one attached hydrogen (secondary N) is 2. The fourth-order valence-electron chi connectivity index (χ4n) is 1.98. The Morgan fingerprint density at radius 1 is 1.40 bits per heavy atom. The summed E-state index contributed by atoms with van der Waals surface area (Å²) in [5, 5.41) is 6.06. The number of carbonyl (C=O) groups excluding carboxylic acids is 2. The molecule has 106 valence electrons. The molecule has 0 spiro atoms. The van der Waals surface area contributed by atoms with E-state index >= 15 is 0 Å². The van der Waals surface area contributed by atoms with Crippen LogP contribution in [0.1, 0.15) is 25.5 Å². The van der Waals surface area contributed by atoms with Crippen molar-refractivity contribution in [3.63, 3.8) is 0 Å². The van der Waals surface area contributed by atoms with Gasteiger partial charge in [-0.05, 0) is 19.9 Å². The van der Waals surface area contributed by atoms with Crippen molar-refractivity contribution in [1.29, 1.82) is 0 Å². The highest BCUT2D eigenvalue weighted by Gasteiger charge is 2.31. The monoisotopic (exact) mass is 294 g/mol. The average Bonchev–Trinajstić information content (AvgIpc) is 2.42. The topological polar surface area (TPSA) is 67.4 Å². The Kier molecular flexibility index (Phi) is 4.29. The van der Waals surface area contributed by atoms with E-state index < -0.39 is 12.0 Å². The van der Waals surface area contributed by atoms with Crippen molar-refractivity contribution >= 4 is 23.5 Å². The number of amides is 1. The van der Waals surface area contributed by atoms with E-state index in [4.69, 9.17) is 16.3 Å². The van der Waals surface area contributed by atoms with Gasteiger partial charge in [0.2, 0.25) is 0 Å². The number of rotatable bonds is 3. The number of halogens is 1. The van der Waals surface area contributed by atoms with Gasteiger partial charge in [-0.1, -0.05) is 29.8 Å². The van der Waals surface area contributed by atoms with Crippen molar-refractivity contribution in [3.05, 3.63) is 46.2 Å². The molecule has 0 radical (unpaired) electrons. The summed E-state index contributed by atoms with van der Waals surface area (Å²) in [6.45, 7) is 3.66. The molecular weight excluding hydrogens is 280 g/mol. The number of hydrogen-bond donors (Lipinski definition) is 2. The summed E-state index contributed by atoms with van der Waals surface area (Å²) < 4.78 is 4.89. The Bertz CT molecular complexity index is 584. The molecule has 2 rings (SSSR count). The molecule has 1 aromatic rings. The van der Waals surface area contributed by atoms with Crippen LogP contribution in [0.3, 0.4) is 0 Å². The predicted octanol–water partition coefficient (Wildman–Crippen LogP) is 1.90. The SMILES string of the molecule is CCOC(=O)C1=C(C)NC(c2ccccc2Cl)C(=O)N1. The Balaban J connectivity index is 2.28. The zero-order valence-corrected chi connectivity index (χ0v) is 12.0.